The maximum absolute atomic E-state index is 14.4. The van der Waals surface area contributed by atoms with E-state index in [2.05, 4.69) is 0 Å². The van der Waals surface area contributed by atoms with Gasteiger partial charge in [-0.3, -0.25) is 0 Å². The van der Waals surface area contributed by atoms with Crippen molar-refractivity contribution in [1.29, 1.82) is 0 Å². The van der Waals surface area contributed by atoms with Gasteiger partial charge < -0.3 is 4.90 Å². The maximum Gasteiger partial charge on any atom is 0.418 e. The van der Waals surface area contributed by atoms with Crippen LogP contribution in [0.15, 0.2) is 91.0 Å². The molecule has 1 heterocycles. The minimum atomic E-state index is -4.41. The van der Waals surface area contributed by atoms with Crippen LogP contribution in [0, 0.1) is 0 Å². The fourth-order valence-electron chi connectivity index (χ4n) is 3.70. The van der Waals surface area contributed by atoms with E-state index in [0.717, 1.165) is 0 Å². The van der Waals surface area contributed by atoms with Crippen molar-refractivity contribution in [2.45, 2.75) is 17.8 Å². The molecule has 0 spiro atoms. The summed E-state index contributed by atoms with van der Waals surface area (Å²) in [5, 5.41) is 0. The van der Waals surface area contributed by atoms with Gasteiger partial charge in [0.2, 0.25) is 0 Å². The minimum absolute atomic E-state index is 0.264. The minimum Gasteiger partial charge on any atom is -0.341 e. The van der Waals surface area contributed by atoms with Gasteiger partial charge in [-0.2, -0.15) is 13.2 Å². The van der Waals surface area contributed by atoms with Gasteiger partial charge in [0, 0.05) is 5.69 Å². The lowest BCUT2D eigenvalue weighted by Crippen LogP contribution is -2.35. The zero-order valence-corrected chi connectivity index (χ0v) is 13.3. The normalized spacial score (nSPS) is 22.7. The fourth-order valence-corrected chi connectivity index (χ4v) is 3.70. The van der Waals surface area contributed by atoms with Crippen molar-refractivity contribution >= 4 is 5.69 Å². The third-order valence-corrected chi connectivity index (χ3v) is 4.76. The number of rotatable bonds is 3. The molecule has 1 saturated heterocycles. The fraction of sp³-hybridized carbons (Fsp3) is 0.143. The summed E-state index contributed by atoms with van der Waals surface area (Å²) in [5.74, 6) is 0. The Kier molecular flexibility index (Phi) is 3.57. The number of hydrogen-bond donors (Lipinski definition) is 0. The summed E-state index contributed by atoms with van der Waals surface area (Å²) in [6, 6.07) is 25.1. The van der Waals surface area contributed by atoms with Crippen LogP contribution in [-0.4, -0.2) is 6.18 Å². The first kappa shape index (κ1) is 15.8. The van der Waals surface area contributed by atoms with Gasteiger partial charge >= 0.3 is 6.18 Å². The van der Waals surface area contributed by atoms with Crippen LogP contribution >= 0.6 is 0 Å². The Hall–Kier alpha value is -2.75. The Morgan fingerprint density at radius 1 is 0.680 bits per heavy atom. The second-order valence-corrected chi connectivity index (χ2v) is 6.15. The molecule has 0 aliphatic carbocycles. The van der Waals surface area contributed by atoms with E-state index in [-0.39, 0.29) is 5.56 Å². The largest absolute Gasteiger partial charge is 0.418 e. The molecule has 1 nitrogen and oxygen atoms in total. The Morgan fingerprint density at radius 2 is 1.16 bits per heavy atom. The number of hydrogen-bond acceptors (Lipinski definition) is 1. The predicted molar refractivity (Wildman–Crippen MR) is 92.3 cm³/mol. The Bertz CT molecular complexity index is 799. The maximum atomic E-state index is 14.4. The molecule has 4 rings (SSSR count). The number of halogens is 3. The molecular formula is C21H16F3N. The van der Waals surface area contributed by atoms with Crippen LogP contribution in [0.5, 0.6) is 0 Å². The summed E-state index contributed by atoms with van der Waals surface area (Å²) >= 11 is 0. The van der Waals surface area contributed by atoms with Crippen LogP contribution < -0.4 is 4.90 Å². The number of para-hydroxylation sites is 1. The Balaban J connectivity index is 1.94. The van der Waals surface area contributed by atoms with Gasteiger partial charge in [-0.25, -0.2) is 0 Å². The van der Waals surface area contributed by atoms with Crippen molar-refractivity contribution in [2.24, 2.45) is 0 Å². The molecule has 0 N–H and O–H groups in total. The molecule has 0 amide bonds. The van der Waals surface area contributed by atoms with Crippen LogP contribution in [-0.2, 0) is 5.54 Å². The van der Waals surface area contributed by atoms with E-state index in [4.69, 9.17) is 0 Å². The molecule has 25 heavy (non-hydrogen) atoms. The molecule has 3 aromatic rings. The van der Waals surface area contributed by atoms with Gasteiger partial charge in [0.15, 0.2) is 5.54 Å². The van der Waals surface area contributed by atoms with E-state index >= 15 is 0 Å². The molecule has 126 valence electrons. The standard InChI is InChI=1S/C21H16F3N/c22-21(23,24)20(17-12-6-2-7-13-17)19(16-10-4-1-5-11-16)25(20)18-14-8-3-9-15-18/h1-15,19H/t19-,20-,25?/m1/s1. The van der Waals surface area contributed by atoms with Gasteiger partial charge in [0.05, 0.1) is 6.04 Å². The Labute approximate surface area is 144 Å². The summed E-state index contributed by atoms with van der Waals surface area (Å²) in [6.45, 7) is 0. The SMILES string of the molecule is FC(F)(F)[C@@]1(c2ccccc2)[C@@H](c2ccccc2)N1c1ccccc1. The predicted octanol–water partition coefficient (Wildman–Crippen LogP) is 5.71. The average molecular weight is 339 g/mol. The second-order valence-electron chi connectivity index (χ2n) is 6.15. The summed E-state index contributed by atoms with van der Waals surface area (Å²) < 4.78 is 43.2. The van der Waals surface area contributed by atoms with Crippen molar-refractivity contribution in [2.75, 3.05) is 4.90 Å². The molecule has 4 heteroatoms. The van der Waals surface area contributed by atoms with E-state index in [1.54, 1.807) is 78.9 Å². The Morgan fingerprint density at radius 3 is 1.68 bits per heavy atom. The van der Waals surface area contributed by atoms with Gasteiger partial charge in [-0.05, 0) is 23.3 Å². The molecule has 0 unspecified atom stereocenters. The summed E-state index contributed by atoms with van der Waals surface area (Å²) in [7, 11) is 0. The lowest BCUT2D eigenvalue weighted by molar-refractivity contribution is -0.161. The third-order valence-electron chi connectivity index (χ3n) is 4.76. The topological polar surface area (TPSA) is 3.01 Å². The molecule has 0 saturated carbocycles. The zero-order chi connectivity index (χ0) is 17.5. The molecule has 3 aromatic carbocycles. The first-order valence-corrected chi connectivity index (χ1v) is 8.08. The number of benzene rings is 3. The van der Waals surface area contributed by atoms with Gasteiger partial charge in [-0.15, -0.1) is 0 Å². The molecular weight excluding hydrogens is 323 g/mol. The number of anilines is 1. The first-order chi connectivity index (χ1) is 12.1. The zero-order valence-electron chi connectivity index (χ0n) is 13.3. The third kappa shape index (κ3) is 2.32. The van der Waals surface area contributed by atoms with Crippen molar-refractivity contribution < 1.29 is 13.2 Å². The van der Waals surface area contributed by atoms with E-state index in [1.165, 1.54) is 4.90 Å². The van der Waals surface area contributed by atoms with Crippen LogP contribution in [0.4, 0.5) is 18.9 Å². The van der Waals surface area contributed by atoms with Gasteiger partial charge in [0.1, 0.15) is 0 Å². The highest BCUT2D eigenvalue weighted by Crippen LogP contribution is 2.68. The van der Waals surface area contributed by atoms with Gasteiger partial charge in [-0.1, -0.05) is 78.9 Å². The van der Waals surface area contributed by atoms with E-state index in [0.29, 0.717) is 11.3 Å². The summed E-state index contributed by atoms with van der Waals surface area (Å²) in [5.41, 5.74) is -0.554. The summed E-state index contributed by atoms with van der Waals surface area (Å²) in [6.07, 6.45) is -4.41. The highest BCUT2D eigenvalue weighted by molar-refractivity contribution is 5.67. The smallest absolute Gasteiger partial charge is 0.341 e. The highest BCUT2D eigenvalue weighted by atomic mass is 19.4. The van der Waals surface area contributed by atoms with Crippen LogP contribution in [0.25, 0.3) is 0 Å². The molecule has 1 aliphatic rings. The van der Waals surface area contributed by atoms with Crippen LogP contribution in [0.1, 0.15) is 17.2 Å². The molecule has 0 bridgehead atoms. The summed E-state index contributed by atoms with van der Waals surface area (Å²) in [4.78, 5) is 1.47. The monoisotopic (exact) mass is 339 g/mol. The van der Waals surface area contributed by atoms with Gasteiger partial charge in [0.25, 0.3) is 0 Å². The van der Waals surface area contributed by atoms with Crippen molar-refractivity contribution in [3.8, 4) is 0 Å². The molecule has 1 aliphatic heterocycles. The average Bonchev–Trinajstić information content (AvgIpc) is 3.36. The quantitative estimate of drug-likeness (QED) is 0.553. The lowest BCUT2D eigenvalue weighted by Gasteiger charge is -2.22. The first-order valence-electron chi connectivity index (χ1n) is 8.08. The van der Waals surface area contributed by atoms with Crippen LogP contribution in [0.2, 0.25) is 0 Å². The van der Waals surface area contributed by atoms with E-state index in [9.17, 15) is 13.2 Å². The van der Waals surface area contributed by atoms with Crippen molar-refractivity contribution in [3.05, 3.63) is 102 Å². The highest BCUT2D eigenvalue weighted by Gasteiger charge is 2.78. The number of nitrogens with zero attached hydrogens (tertiary/aromatic N) is 1. The van der Waals surface area contributed by atoms with Crippen molar-refractivity contribution in [3.63, 3.8) is 0 Å². The van der Waals surface area contributed by atoms with E-state index in [1.807, 2.05) is 12.1 Å². The van der Waals surface area contributed by atoms with E-state index < -0.39 is 17.8 Å². The molecule has 1 fully saturated rings. The molecule has 0 radical (unpaired) electrons. The molecule has 2 atom stereocenters. The number of alkyl halides is 3. The van der Waals surface area contributed by atoms with Crippen molar-refractivity contribution in [1.82, 2.24) is 0 Å². The van der Waals surface area contributed by atoms with Crippen LogP contribution in [0.3, 0.4) is 0 Å². The second kappa shape index (κ2) is 5.66. The molecule has 0 aromatic heterocycles. The lowest BCUT2D eigenvalue weighted by atomic mass is 9.91.